The van der Waals surface area contributed by atoms with Crippen molar-refractivity contribution in [3.8, 4) is 0 Å². The van der Waals surface area contributed by atoms with E-state index in [1.165, 1.54) is 26.4 Å². The number of hydrogen-bond donors (Lipinski definition) is 1. The van der Waals surface area contributed by atoms with Gasteiger partial charge in [-0.2, -0.15) is 0 Å². The van der Waals surface area contributed by atoms with Gasteiger partial charge in [0.05, 0.1) is 12.9 Å². The van der Waals surface area contributed by atoms with Gasteiger partial charge in [0.25, 0.3) is 0 Å². The first kappa shape index (κ1) is 14.8. The summed E-state index contributed by atoms with van der Waals surface area (Å²) in [5, 5.41) is 4.07. The Morgan fingerprint density at radius 1 is 1.53 bits per heavy atom. The summed E-state index contributed by atoms with van der Waals surface area (Å²) in [6.07, 6.45) is 3.64. The normalized spacial score (nSPS) is 27.8. The molecule has 0 aromatic rings. The zero-order valence-corrected chi connectivity index (χ0v) is 12.2. The highest BCUT2D eigenvalue weighted by Crippen LogP contribution is 2.40. The molecule has 1 N–H and O–H groups in total. The summed E-state index contributed by atoms with van der Waals surface area (Å²) in [6, 6.07) is 0.544. The van der Waals surface area contributed by atoms with Crippen molar-refractivity contribution < 1.29 is 9.53 Å². The van der Waals surface area contributed by atoms with Crippen molar-refractivity contribution in [3.05, 3.63) is 0 Å². The molecular weight excluding hydrogens is 234 g/mol. The van der Waals surface area contributed by atoms with Crippen molar-refractivity contribution in [2.24, 2.45) is 5.41 Å². The fraction of sp³-hybridized carbons (Fsp3) is 0.923. The standard InChI is InChI=1S/C13H25NO2S/c1-5-14-10-6-7-13(2,3)8-11(10)17-9-12(15)16-4/h10-11,14H,5-9H2,1-4H3. The van der Waals surface area contributed by atoms with Crippen molar-refractivity contribution in [2.75, 3.05) is 19.4 Å². The lowest BCUT2D eigenvalue weighted by atomic mass is 9.75. The highest BCUT2D eigenvalue weighted by molar-refractivity contribution is 8.00. The maximum absolute atomic E-state index is 11.2. The number of thioether (sulfide) groups is 1. The van der Waals surface area contributed by atoms with Gasteiger partial charge >= 0.3 is 5.97 Å². The van der Waals surface area contributed by atoms with Gasteiger partial charge in [-0.3, -0.25) is 4.79 Å². The molecule has 17 heavy (non-hydrogen) atoms. The maximum Gasteiger partial charge on any atom is 0.315 e. The summed E-state index contributed by atoms with van der Waals surface area (Å²) in [6.45, 7) is 7.78. The van der Waals surface area contributed by atoms with E-state index in [9.17, 15) is 4.79 Å². The molecule has 0 amide bonds. The Morgan fingerprint density at radius 3 is 2.82 bits per heavy atom. The third kappa shape index (κ3) is 4.88. The number of ether oxygens (including phenoxy) is 1. The predicted molar refractivity (Wildman–Crippen MR) is 73.4 cm³/mol. The Hall–Kier alpha value is -0.220. The number of carbonyl (C=O) groups is 1. The van der Waals surface area contributed by atoms with E-state index >= 15 is 0 Å². The molecule has 3 nitrogen and oxygen atoms in total. The molecule has 0 aliphatic heterocycles. The molecule has 0 radical (unpaired) electrons. The minimum atomic E-state index is -0.117. The van der Waals surface area contributed by atoms with Crippen molar-refractivity contribution in [1.29, 1.82) is 0 Å². The van der Waals surface area contributed by atoms with E-state index in [0.29, 0.717) is 22.5 Å². The van der Waals surface area contributed by atoms with E-state index in [4.69, 9.17) is 4.74 Å². The molecule has 1 rings (SSSR count). The van der Waals surface area contributed by atoms with Crippen molar-refractivity contribution in [3.63, 3.8) is 0 Å². The summed E-state index contributed by atoms with van der Waals surface area (Å²) >= 11 is 1.74. The third-order valence-electron chi connectivity index (χ3n) is 3.44. The second kappa shape index (κ2) is 6.64. The van der Waals surface area contributed by atoms with Crippen LogP contribution in [-0.4, -0.2) is 36.7 Å². The Labute approximate surface area is 109 Å². The Kier molecular flexibility index (Phi) is 5.80. The van der Waals surface area contributed by atoms with Gasteiger partial charge in [-0.05, 0) is 31.2 Å². The molecule has 1 aliphatic carbocycles. The minimum Gasteiger partial charge on any atom is -0.468 e. The summed E-state index contributed by atoms with van der Waals surface area (Å²) in [5.41, 5.74) is 0.402. The molecule has 2 atom stereocenters. The molecule has 1 aliphatic rings. The number of methoxy groups -OCH3 is 1. The molecule has 1 fully saturated rings. The lowest BCUT2D eigenvalue weighted by Gasteiger charge is -2.40. The molecule has 2 unspecified atom stereocenters. The maximum atomic E-state index is 11.2. The van der Waals surface area contributed by atoms with Crippen LogP contribution < -0.4 is 5.32 Å². The van der Waals surface area contributed by atoms with Gasteiger partial charge < -0.3 is 10.1 Å². The molecule has 0 heterocycles. The summed E-state index contributed by atoms with van der Waals surface area (Å²) in [7, 11) is 1.45. The average Bonchev–Trinajstić information content (AvgIpc) is 2.28. The highest BCUT2D eigenvalue weighted by atomic mass is 32.2. The van der Waals surface area contributed by atoms with Crippen LogP contribution in [0, 0.1) is 5.41 Å². The molecule has 4 heteroatoms. The highest BCUT2D eigenvalue weighted by Gasteiger charge is 2.34. The molecule has 0 aromatic heterocycles. The fourth-order valence-electron chi connectivity index (χ4n) is 2.43. The van der Waals surface area contributed by atoms with E-state index in [2.05, 4.69) is 26.1 Å². The predicted octanol–water partition coefficient (Wildman–Crippen LogP) is 2.45. The smallest absolute Gasteiger partial charge is 0.315 e. The largest absolute Gasteiger partial charge is 0.468 e. The van der Waals surface area contributed by atoms with Crippen molar-refractivity contribution >= 4 is 17.7 Å². The second-order valence-electron chi connectivity index (χ2n) is 5.50. The fourth-order valence-corrected chi connectivity index (χ4v) is 3.93. The van der Waals surface area contributed by atoms with Crippen LogP contribution in [-0.2, 0) is 9.53 Å². The molecular formula is C13H25NO2S. The van der Waals surface area contributed by atoms with Crippen LogP contribution in [0.5, 0.6) is 0 Å². The zero-order chi connectivity index (χ0) is 12.9. The van der Waals surface area contributed by atoms with Crippen LogP contribution in [0.25, 0.3) is 0 Å². The van der Waals surface area contributed by atoms with Crippen LogP contribution in [0.2, 0.25) is 0 Å². The lowest BCUT2D eigenvalue weighted by Crippen LogP contribution is -2.45. The van der Waals surface area contributed by atoms with Crippen molar-refractivity contribution in [1.82, 2.24) is 5.32 Å². The van der Waals surface area contributed by atoms with Crippen LogP contribution in [0.1, 0.15) is 40.0 Å². The number of nitrogens with one attached hydrogen (secondary N) is 1. The summed E-state index contributed by atoms with van der Waals surface area (Å²) < 4.78 is 4.71. The second-order valence-corrected chi connectivity index (χ2v) is 6.72. The van der Waals surface area contributed by atoms with Gasteiger partial charge in [0.2, 0.25) is 0 Å². The van der Waals surface area contributed by atoms with Crippen LogP contribution in [0.3, 0.4) is 0 Å². The number of rotatable bonds is 5. The Balaban J connectivity index is 2.51. The van der Waals surface area contributed by atoms with E-state index in [-0.39, 0.29) is 5.97 Å². The van der Waals surface area contributed by atoms with E-state index < -0.39 is 0 Å². The molecule has 100 valence electrons. The molecule has 0 bridgehead atoms. The molecule has 1 saturated carbocycles. The topological polar surface area (TPSA) is 38.3 Å². The van der Waals surface area contributed by atoms with Crippen LogP contribution in [0.4, 0.5) is 0 Å². The van der Waals surface area contributed by atoms with Crippen molar-refractivity contribution in [2.45, 2.75) is 51.3 Å². The van der Waals surface area contributed by atoms with Gasteiger partial charge in [0.1, 0.15) is 0 Å². The van der Waals surface area contributed by atoms with E-state index in [0.717, 1.165) is 6.54 Å². The van der Waals surface area contributed by atoms with Gasteiger partial charge in [0, 0.05) is 11.3 Å². The first-order valence-corrected chi connectivity index (χ1v) is 7.45. The van der Waals surface area contributed by atoms with E-state index in [1.54, 1.807) is 11.8 Å². The molecule has 0 aromatic carbocycles. The SMILES string of the molecule is CCNC1CCC(C)(C)CC1SCC(=O)OC. The first-order valence-electron chi connectivity index (χ1n) is 6.40. The Morgan fingerprint density at radius 2 is 2.24 bits per heavy atom. The monoisotopic (exact) mass is 259 g/mol. The number of carbonyl (C=O) groups excluding carboxylic acids is 1. The van der Waals surface area contributed by atoms with Gasteiger partial charge in [-0.1, -0.05) is 20.8 Å². The summed E-state index contributed by atoms with van der Waals surface area (Å²) in [4.78, 5) is 11.2. The molecule has 0 saturated heterocycles. The quantitative estimate of drug-likeness (QED) is 0.770. The van der Waals surface area contributed by atoms with Gasteiger partial charge in [0.15, 0.2) is 0 Å². The molecule has 0 spiro atoms. The first-order chi connectivity index (χ1) is 7.98. The lowest BCUT2D eigenvalue weighted by molar-refractivity contribution is -0.137. The third-order valence-corrected chi connectivity index (χ3v) is 4.77. The summed E-state index contributed by atoms with van der Waals surface area (Å²) in [5.74, 6) is 0.354. The number of hydrogen-bond acceptors (Lipinski definition) is 4. The average molecular weight is 259 g/mol. The minimum absolute atomic E-state index is 0.117. The van der Waals surface area contributed by atoms with Gasteiger partial charge in [-0.25, -0.2) is 0 Å². The Bertz CT molecular complexity index is 256. The zero-order valence-electron chi connectivity index (χ0n) is 11.4. The van der Waals surface area contributed by atoms with Crippen LogP contribution in [0.15, 0.2) is 0 Å². The van der Waals surface area contributed by atoms with Gasteiger partial charge in [-0.15, -0.1) is 11.8 Å². The number of esters is 1. The van der Waals surface area contributed by atoms with E-state index in [1.807, 2.05) is 0 Å². The van der Waals surface area contributed by atoms with Crippen LogP contribution >= 0.6 is 11.8 Å².